The average Bonchev–Trinajstić information content (AvgIpc) is 2.69. The van der Waals surface area contributed by atoms with Gasteiger partial charge < -0.3 is 4.57 Å². The molecule has 0 unspecified atom stereocenters. The third kappa shape index (κ3) is 3.24. The Hall–Kier alpha value is -1.60. The molecule has 7 heteroatoms. The van der Waals surface area contributed by atoms with Crippen molar-refractivity contribution in [1.29, 1.82) is 0 Å². The predicted molar refractivity (Wildman–Crippen MR) is 78.7 cm³/mol. The fourth-order valence-corrected chi connectivity index (χ4v) is 3.19. The first-order valence-electron chi connectivity index (χ1n) is 5.56. The molecule has 2 rings (SSSR count). The van der Waals surface area contributed by atoms with Gasteiger partial charge in [-0.15, -0.1) is 11.3 Å². The summed E-state index contributed by atoms with van der Waals surface area (Å²) in [4.78, 5) is 5.11. The molecule has 0 amide bonds. The number of nitrogens with one attached hydrogen (secondary N) is 1. The summed E-state index contributed by atoms with van der Waals surface area (Å²) in [5, 5.41) is 2.03. The minimum absolute atomic E-state index is 0.560. The summed E-state index contributed by atoms with van der Waals surface area (Å²) >= 11 is 1.57. The summed E-state index contributed by atoms with van der Waals surface area (Å²) in [6.45, 7) is 0. The van der Waals surface area contributed by atoms with Gasteiger partial charge in [-0.25, -0.2) is 8.42 Å². The van der Waals surface area contributed by atoms with Crippen molar-refractivity contribution < 1.29 is 8.42 Å². The van der Waals surface area contributed by atoms with Gasteiger partial charge in [-0.2, -0.15) is 0 Å². The van der Waals surface area contributed by atoms with E-state index in [1.807, 2.05) is 29.1 Å². The number of aromatic nitrogens is 1. The van der Waals surface area contributed by atoms with E-state index in [4.69, 9.17) is 0 Å². The van der Waals surface area contributed by atoms with E-state index in [0.29, 0.717) is 5.69 Å². The Bertz CT molecular complexity index is 740. The van der Waals surface area contributed by atoms with Crippen LogP contribution in [0.4, 0.5) is 5.69 Å². The van der Waals surface area contributed by atoms with E-state index in [1.165, 1.54) is 0 Å². The van der Waals surface area contributed by atoms with E-state index in [2.05, 4.69) is 9.71 Å². The second kappa shape index (κ2) is 5.18. The molecule has 0 aliphatic carbocycles. The molecule has 102 valence electrons. The van der Waals surface area contributed by atoms with Crippen molar-refractivity contribution in [2.75, 3.05) is 18.0 Å². The molecule has 0 spiro atoms. The van der Waals surface area contributed by atoms with Crippen molar-refractivity contribution in [2.45, 2.75) is 0 Å². The van der Waals surface area contributed by atoms with Gasteiger partial charge in [-0.1, -0.05) is 12.1 Å². The van der Waals surface area contributed by atoms with Gasteiger partial charge in [0.25, 0.3) is 0 Å². The van der Waals surface area contributed by atoms with Gasteiger partial charge >= 0.3 is 0 Å². The molecule has 2 aromatic rings. The van der Waals surface area contributed by atoms with Crippen molar-refractivity contribution >= 4 is 27.0 Å². The average molecular weight is 297 g/mol. The molecule has 19 heavy (non-hydrogen) atoms. The first-order chi connectivity index (χ1) is 8.90. The predicted octanol–water partition coefficient (Wildman–Crippen LogP) is 1.66. The van der Waals surface area contributed by atoms with Gasteiger partial charge in [0.2, 0.25) is 10.0 Å². The molecule has 1 aromatic heterocycles. The van der Waals surface area contributed by atoms with Gasteiger partial charge in [-0.3, -0.25) is 9.71 Å². The Balaban J connectivity index is 2.35. The SMILES string of the molecule is CN=c1scc(-c2ccc(NS(C)(=O)=O)cc2)n1C. The summed E-state index contributed by atoms with van der Waals surface area (Å²) in [7, 11) is 0.483. The summed E-state index contributed by atoms with van der Waals surface area (Å²) in [5.74, 6) is 0. The van der Waals surface area contributed by atoms with E-state index in [9.17, 15) is 8.42 Å². The van der Waals surface area contributed by atoms with Gasteiger partial charge in [0, 0.05) is 25.2 Å². The Kier molecular flexibility index (Phi) is 3.77. The zero-order valence-electron chi connectivity index (χ0n) is 10.9. The lowest BCUT2D eigenvalue weighted by Gasteiger charge is -2.06. The van der Waals surface area contributed by atoms with Crippen molar-refractivity contribution in [2.24, 2.45) is 12.0 Å². The van der Waals surface area contributed by atoms with Crippen molar-refractivity contribution in [3.63, 3.8) is 0 Å². The van der Waals surface area contributed by atoms with E-state index in [1.54, 1.807) is 30.5 Å². The molecule has 0 aliphatic rings. The lowest BCUT2D eigenvalue weighted by atomic mass is 10.1. The van der Waals surface area contributed by atoms with Crippen LogP contribution in [0.15, 0.2) is 34.6 Å². The quantitative estimate of drug-likeness (QED) is 0.936. The fourth-order valence-electron chi connectivity index (χ4n) is 1.76. The highest BCUT2D eigenvalue weighted by Gasteiger charge is 2.06. The second-order valence-electron chi connectivity index (χ2n) is 4.14. The molecule has 5 nitrogen and oxygen atoms in total. The molecule has 1 heterocycles. The highest BCUT2D eigenvalue weighted by molar-refractivity contribution is 7.92. The standard InChI is InChI=1S/C12H15N3O2S2/c1-13-12-15(2)11(8-18-12)9-4-6-10(7-5-9)14-19(3,16)17/h4-8,14H,1-3H3. The number of anilines is 1. The minimum atomic E-state index is -3.23. The molecule has 0 radical (unpaired) electrons. The van der Waals surface area contributed by atoms with Crippen LogP contribution in [0, 0.1) is 0 Å². The van der Waals surface area contributed by atoms with Crippen molar-refractivity contribution in [1.82, 2.24) is 4.57 Å². The molecule has 0 saturated heterocycles. The Labute approximate surface area is 116 Å². The highest BCUT2D eigenvalue weighted by atomic mass is 32.2. The number of thiazole rings is 1. The van der Waals surface area contributed by atoms with Gasteiger partial charge in [0.15, 0.2) is 4.80 Å². The number of benzene rings is 1. The summed E-state index contributed by atoms with van der Waals surface area (Å²) in [5.41, 5.74) is 2.63. The number of hydrogen-bond acceptors (Lipinski definition) is 4. The summed E-state index contributed by atoms with van der Waals surface area (Å²) in [6.07, 6.45) is 1.13. The normalized spacial score (nSPS) is 12.7. The van der Waals surface area contributed by atoms with Crippen LogP contribution in [-0.2, 0) is 17.1 Å². The number of hydrogen-bond donors (Lipinski definition) is 1. The first kappa shape index (κ1) is 13.8. The fraction of sp³-hybridized carbons (Fsp3) is 0.250. The highest BCUT2D eigenvalue weighted by Crippen LogP contribution is 2.21. The third-order valence-corrected chi connectivity index (χ3v) is 4.21. The van der Waals surface area contributed by atoms with Crippen LogP contribution in [-0.4, -0.2) is 26.3 Å². The zero-order valence-corrected chi connectivity index (χ0v) is 12.5. The smallest absolute Gasteiger partial charge is 0.229 e. The number of nitrogens with zero attached hydrogens (tertiary/aromatic N) is 2. The van der Waals surface area contributed by atoms with Crippen LogP contribution < -0.4 is 9.52 Å². The largest absolute Gasteiger partial charge is 0.320 e. The van der Waals surface area contributed by atoms with Gasteiger partial charge in [0.05, 0.1) is 11.9 Å². The third-order valence-electron chi connectivity index (χ3n) is 2.60. The Morgan fingerprint density at radius 2 is 1.89 bits per heavy atom. The second-order valence-corrected chi connectivity index (χ2v) is 6.72. The Morgan fingerprint density at radius 1 is 1.26 bits per heavy atom. The van der Waals surface area contributed by atoms with Crippen LogP contribution in [0.3, 0.4) is 0 Å². The lowest BCUT2D eigenvalue weighted by Crippen LogP contribution is -2.11. The summed E-state index contributed by atoms with van der Waals surface area (Å²) in [6, 6.07) is 7.26. The number of rotatable bonds is 3. The molecule has 0 saturated carbocycles. The van der Waals surface area contributed by atoms with Crippen LogP contribution in [0.2, 0.25) is 0 Å². The molecule has 0 fully saturated rings. The molecule has 1 aromatic carbocycles. The maximum absolute atomic E-state index is 11.1. The van der Waals surface area contributed by atoms with Gasteiger partial charge in [0.1, 0.15) is 0 Å². The monoisotopic (exact) mass is 297 g/mol. The topological polar surface area (TPSA) is 63.5 Å². The molecule has 0 aliphatic heterocycles. The van der Waals surface area contributed by atoms with Crippen LogP contribution >= 0.6 is 11.3 Å². The van der Waals surface area contributed by atoms with Crippen LogP contribution in [0.1, 0.15) is 0 Å². The zero-order chi connectivity index (χ0) is 14.0. The molecule has 0 atom stereocenters. The molecular weight excluding hydrogens is 282 g/mol. The lowest BCUT2D eigenvalue weighted by molar-refractivity contribution is 0.607. The molecule has 1 N–H and O–H groups in total. The van der Waals surface area contributed by atoms with E-state index in [0.717, 1.165) is 22.3 Å². The van der Waals surface area contributed by atoms with Crippen LogP contribution in [0.5, 0.6) is 0 Å². The van der Waals surface area contributed by atoms with E-state index < -0.39 is 10.0 Å². The van der Waals surface area contributed by atoms with E-state index in [-0.39, 0.29) is 0 Å². The maximum Gasteiger partial charge on any atom is 0.229 e. The summed E-state index contributed by atoms with van der Waals surface area (Å²) < 4.78 is 26.7. The number of sulfonamides is 1. The molecular formula is C12H15N3O2S2. The maximum atomic E-state index is 11.1. The first-order valence-corrected chi connectivity index (χ1v) is 8.33. The van der Waals surface area contributed by atoms with Gasteiger partial charge in [-0.05, 0) is 17.7 Å². The van der Waals surface area contributed by atoms with Crippen molar-refractivity contribution in [3.8, 4) is 11.3 Å². The molecule has 0 bridgehead atoms. The van der Waals surface area contributed by atoms with E-state index >= 15 is 0 Å². The van der Waals surface area contributed by atoms with Crippen molar-refractivity contribution in [3.05, 3.63) is 34.4 Å². The van der Waals surface area contributed by atoms with Crippen LogP contribution in [0.25, 0.3) is 11.3 Å². The Morgan fingerprint density at radius 3 is 2.37 bits per heavy atom. The minimum Gasteiger partial charge on any atom is -0.320 e.